The maximum atomic E-state index is 12.7. The minimum Gasteiger partial charge on any atom is -0.394 e. The molecule has 1 amide bonds. The Labute approximate surface area is 104 Å². The molecule has 1 heterocycles. The maximum absolute atomic E-state index is 12.7. The molecule has 1 unspecified atom stereocenters. The van der Waals surface area contributed by atoms with Crippen LogP contribution in [0.25, 0.3) is 0 Å². The van der Waals surface area contributed by atoms with Crippen molar-refractivity contribution in [3.63, 3.8) is 0 Å². The van der Waals surface area contributed by atoms with Crippen molar-refractivity contribution in [3.8, 4) is 0 Å². The van der Waals surface area contributed by atoms with Crippen LogP contribution in [0, 0.1) is 5.41 Å². The topological polar surface area (TPSA) is 40.5 Å². The van der Waals surface area contributed by atoms with E-state index in [1.54, 1.807) is 0 Å². The summed E-state index contributed by atoms with van der Waals surface area (Å²) in [6, 6.07) is 0.0836. The molecule has 1 atom stereocenters. The molecule has 0 aromatic rings. The number of piperidine rings is 1. The van der Waals surface area contributed by atoms with Gasteiger partial charge >= 0.3 is 0 Å². The molecular formula is C14H25NO2. The van der Waals surface area contributed by atoms with Gasteiger partial charge in [-0.05, 0) is 38.5 Å². The first kappa shape index (κ1) is 12.9. The fourth-order valence-electron chi connectivity index (χ4n) is 3.53. The Morgan fingerprint density at radius 1 is 1.29 bits per heavy atom. The van der Waals surface area contributed by atoms with Crippen LogP contribution in [0.2, 0.25) is 0 Å². The molecule has 2 rings (SSSR count). The summed E-state index contributed by atoms with van der Waals surface area (Å²) >= 11 is 0. The second kappa shape index (κ2) is 5.38. The highest BCUT2D eigenvalue weighted by Gasteiger charge is 2.43. The van der Waals surface area contributed by atoms with E-state index in [-0.39, 0.29) is 18.1 Å². The van der Waals surface area contributed by atoms with E-state index in [0.29, 0.717) is 5.91 Å². The van der Waals surface area contributed by atoms with Gasteiger partial charge in [0.25, 0.3) is 0 Å². The van der Waals surface area contributed by atoms with Gasteiger partial charge in [-0.15, -0.1) is 0 Å². The van der Waals surface area contributed by atoms with Gasteiger partial charge in [0.2, 0.25) is 5.91 Å². The van der Waals surface area contributed by atoms with Crippen molar-refractivity contribution in [2.45, 2.75) is 64.3 Å². The zero-order chi connectivity index (χ0) is 12.3. The number of aliphatic hydroxyl groups excluding tert-OH is 1. The smallest absolute Gasteiger partial charge is 0.229 e. The number of hydrogen-bond acceptors (Lipinski definition) is 2. The molecule has 2 aliphatic rings. The highest BCUT2D eigenvalue weighted by Crippen LogP contribution is 2.43. The van der Waals surface area contributed by atoms with Gasteiger partial charge in [0.15, 0.2) is 0 Å². The quantitative estimate of drug-likeness (QED) is 0.821. The number of hydrogen-bond donors (Lipinski definition) is 1. The third-order valence-corrected chi connectivity index (χ3v) is 4.79. The van der Waals surface area contributed by atoms with E-state index in [1.165, 1.54) is 12.8 Å². The molecule has 2 fully saturated rings. The van der Waals surface area contributed by atoms with Crippen molar-refractivity contribution in [2.24, 2.45) is 5.41 Å². The van der Waals surface area contributed by atoms with Crippen LogP contribution in [0.3, 0.4) is 0 Å². The van der Waals surface area contributed by atoms with Gasteiger partial charge in [0, 0.05) is 12.0 Å². The first-order chi connectivity index (χ1) is 8.23. The van der Waals surface area contributed by atoms with Gasteiger partial charge in [0.05, 0.1) is 12.6 Å². The lowest BCUT2D eigenvalue weighted by molar-refractivity contribution is -0.147. The van der Waals surface area contributed by atoms with E-state index in [0.717, 1.165) is 45.1 Å². The van der Waals surface area contributed by atoms with Crippen molar-refractivity contribution < 1.29 is 9.90 Å². The Kier molecular flexibility index (Phi) is 4.08. The second-order valence-electron chi connectivity index (χ2n) is 5.67. The molecule has 3 nitrogen and oxygen atoms in total. The van der Waals surface area contributed by atoms with Crippen LogP contribution in [0.5, 0.6) is 0 Å². The summed E-state index contributed by atoms with van der Waals surface area (Å²) in [5.74, 6) is 0.330. The summed E-state index contributed by atoms with van der Waals surface area (Å²) in [6.07, 6.45) is 8.67. The molecule has 1 aliphatic carbocycles. The standard InChI is InChI=1S/C14H25NO2/c1-2-14(8-4-5-9-14)13(17)15-10-6-3-7-12(15)11-16/h12,16H,2-11H2,1H3. The number of carbonyl (C=O) groups is 1. The molecule has 0 bridgehead atoms. The second-order valence-corrected chi connectivity index (χ2v) is 5.67. The minimum absolute atomic E-state index is 0.0836. The van der Waals surface area contributed by atoms with Crippen LogP contribution in [-0.2, 0) is 4.79 Å². The summed E-state index contributed by atoms with van der Waals surface area (Å²) in [5.41, 5.74) is -0.0925. The summed E-state index contributed by atoms with van der Waals surface area (Å²) < 4.78 is 0. The first-order valence-electron chi connectivity index (χ1n) is 7.15. The summed E-state index contributed by atoms with van der Waals surface area (Å²) in [5, 5.41) is 9.42. The van der Waals surface area contributed by atoms with E-state index in [4.69, 9.17) is 0 Å². The van der Waals surface area contributed by atoms with Gasteiger partial charge in [-0.3, -0.25) is 4.79 Å². The summed E-state index contributed by atoms with van der Waals surface area (Å²) in [7, 11) is 0. The average Bonchev–Trinajstić information content (AvgIpc) is 2.88. The third-order valence-electron chi connectivity index (χ3n) is 4.79. The van der Waals surface area contributed by atoms with Gasteiger partial charge in [-0.2, -0.15) is 0 Å². The number of rotatable bonds is 3. The Balaban J connectivity index is 2.11. The lowest BCUT2D eigenvalue weighted by Crippen LogP contribution is -2.51. The zero-order valence-corrected chi connectivity index (χ0v) is 11.0. The normalized spacial score (nSPS) is 28.4. The van der Waals surface area contributed by atoms with Crippen molar-refractivity contribution in [3.05, 3.63) is 0 Å². The zero-order valence-electron chi connectivity index (χ0n) is 11.0. The molecule has 0 aromatic carbocycles. The molecular weight excluding hydrogens is 214 g/mol. The first-order valence-corrected chi connectivity index (χ1v) is 7.15. The number of carbonyl (C=O) groups excluding carboxylic acids is 1. The summed E-state index contributed by atoms with van der Waals surface area (Å²) in [4.78, 5) is 14.7. The Morgan fingerprint density at radius 2 is 2.00 bits per heavy atom. The number of aliphatic hydroxyl groups is 1. The van der Waals surface area contributed by atoms with Crippen LogP contribution >= 0.6 is 0 Å². The molecule has 1 saturated carbocycles. The predicted molar refractivity (Wildman–Crippen MR) is 67.6 cm³/mol. The van der Waals surface area contributed by atoms with E-state index < -0.39 is 0 Å². The van der Waals surface area contributed by atoms with E-state index in [2.05, 4.69) is 6.92 Å². The van der Waals surface area contributed by atoms with Crippen LogP contribution in [0.4, 0.5) is 0 Å². The lowest BCUT2D eigenvalue weighted by Gasteiger charge is -2.40. The van der Waals surface area contributed by atoms with Crippen molar-refractivity contribution in [1.29, 1.82) is 0 Å². The highest BCUT2D eigenvalue weighted by molar-refractivity contribution is 5.83. The van der Waals surface area contributed by atoms with Gasteiger partial charge in [0.1, 0.15) is 0 Å². The Hall–Kier alpha value is -0.570. The molecule has 1 aliphatic heterocycles. The molecule has 98 valence electrons. The molecule has 0 spiro atoms. The lowest BCUT2D eigenvalue weighted by atomic mass is 9.81. The number of likely N-dealkylation sites (tertiary alicyclic amines) is 1. The largest absolute Gasteiger partial charge is 0.394 e. The predicted octanol–water partition coefficient (Wildman–Crippen LogP) is 2.33. The van der Waals surface area contributed by atoms with E-state index in [1.807, 2.05) is 4.90 Å². The third kappa shape index (κ3) is 2.35. The van der Waals surface area contributed by atoms with Crippen molar-refractivity contribution in [1.82, 2.24) is 4.90 Å². The van der Waals surface area contributed by atoms with Gasteiger partial charge in [-0.25, -0.2) is 0 Å². The van der Waals surface area contributed by atoms with Crippen LogP contribution < -0.4 is 0 Å². The van der Waals surface area contributed by atoms with Gasteiger partial charge < -0.3 is 10.0 Å². The van der Waals surface area contributed by atoms with Crippen LogP contribution in [0.15, 0.2) is 0 Å². The van der Waals surface area contributed by atoms with Crippen molar-refractivity contribution >= 4 is 5.91 Å². The molecule has 0 radical (unpaired) electrons. The molecule has 1 saturated heterocycles. The monoisotopic (exact) mass is 239 g/mol. The molecule has 17 heavy (non-hydrogen) atoms. The van der Waals surface area contributed by atoms with Crippen LogP contribution in [0.1, 0.15) is 58.3 Å². The fourth-order valence-corrected chi connectivity index (χ4v) is 3.53. The number of amides is 1. The van der Waals surface area contributed by atoms with Gasteiger partial charge in [-0.1, -0.05) is 19.8 Å². The number of nitrogens with zero attached hydrogens (tertiary/aromatic N) is 1. The SMILES string of the molecule is CCC1(C(=O)N2CCCCC2CO)CCCC1. The van der Waals surface area contributed by atoms with E-state index >= 15 is 0 Å². The molecule has 1 N–H and O–H groups in total. The van der Waals surface area contributed by atoms with Crippen LogP contribution in [-0.4, -0.2) is 35.1 Å². The average molecular weight is 239 g/mol. The summed E-state index contributed by atoms with van der Waals surface area (Å²) in [6.45, 7) is 3.12. The van der Waals surface area contributed by atoms with Crippen molar-refractivity contribution in [2.75, 3.05) is 13.2 Å². The Morgan fingerprint density at radius 3 is 2.59 bits per heavy atom. The Bertz CT molecular complexity index is 271. The molecule has 0 aromatic heterocycles. The highest BCUT2D eigenvalue weighted by atomic mass is 16.3. The van der Waals surface area contributed by atoms with E-state index in [9.17, 15) is 9.90 Å². The minimum atomic E-state index is -0.0925. The molecule has 3 heteroatoms. The maximum Gasteiger partial charge on any atom is 0.229 e. The fraction of sp³-hybridized carbons (Fsp3) is 0.929.